The molecule has 0 saturated carbocycles. The number of carboxylic acid groups (broad SMARTS) is 1. The fraction of sp³-hybridized carbons (Fsp3) is 0.0833. The maximum absolute atomic E-state index is 12.2. The van der Waals surface area contributed by atoms with Crippen molar-refractivity contribution in [1.29, 1.82) is 0 Å². The van der Waals surface area contributed by atoms with Crippen LogP contribution in [0, 0.1) is 10.1 Å². The van der Waals surface area contributed by atoms with E-state index < -0.39 is 42.8 Å². The monoisotopic (exact) mass is 311 g/mol. The van der Waals surface area contributed by atoms with Crippen molar-refractivity contribution in [2.24, 2.45) is 0 Å². The standard InChI is InChI=1S/C12H9NO7S/c14-12(15)10-6-5-8(20-10)7-21(18,19)11-4-2-1-3-9(11)13(16)17/h1-6H,7H2,(H,14,15). The molecule has 0 bridgehead atoms. The lowest BCUT2D eigenvalue weighted by Crippen LogP contribution is -2.07. The van der Waals surface area contributed by atoms with Gasteiger partial charge in [0.15, 0.2) is 9.84 Å². The molecule has 0 aliphatic carbocycles. The number of nitro benzene ring substituents is 1. The molecule has 0 fully saturated rings. The molecule has 0 radical (unpaired) electrons. The molecule has 2 aromatic rings. The van der Waals surface area contributed by atoms with Crippen LogP contribution in [0.2, 0.25) is 0 Å². The van der Waals surface area contributed by atoms with Crippen molar-refractivity contribution >= 4 is 21.5 Å². The molecule has 8 nitrogen and oxygen atoms in total. The van der Waals surface area contributed by atoms with Gasteiger partial charge in [-0.1, -0.05) is 12.1 Å². The summed E-state index contributed by atoms with van der Waals surface area (Å²) in [4.78, 5) is 20.3. The van der Waals surface area contributed by atoms with E-state index in [1.807, 2.05) is 0 Å². The molecule has 21 heavy (non-hydrogen) atoms. The van der Waals surface area contributed by atoms with E-state index in [9.17, 15) is 23.3 Å². The molecule has 0 atom stereocenters. The quantitative estimate of drug-likeness (QED) is 0.659. The summed E-state index contributed by atoms with van der Waals surface area (Å²) in [5.74, 6) is -2.50. The van der Waals surface area contributed by atoms with Crippen molar-refractivity contribution in [2.45, 2.75) is 10.6 Å². The fourth-order valence-corrected chi connectivity index (χ4v) is 3.14. The van der Waals surface area contributed by atoms with Gasteiger partial charge in [0.1, 0.15) is 16.4 Å². The van der Waals surface area contributed by atoms with Crippen LogP contribution in [-0.2, 0) is 15.6 Å². The summed E-state index contributed by atoms with van der Waals surface area (Å²) in [6, 6.07) is 7.24. The van der Waals surface area contributed by atoms with Crippen LogP contribution < -0.4 is 0 Å². The first-order valence-corrected chi connectivity index (χ1v) is 7.24. The molecule has 1 aromatic heterocycles. The average molecular weight is 311 g/mol. The second-order valence-electron chi connectivity index (χ2n) is 4.06. The highest BCUT2D eigenvalue weighted by molar-refractivity contribution is 7.90. The van der Waals surface area contributed by atoms with Crippen LogP contribution in [0.25, 0.3) is 0 Å². The van der Waals surface area contributed by atoms with Crippen molar-refractivity contribution in [3.63, 3.8) is 0 Å². The Kier molecular flexibility index (Phi) is 3.76. The Bertz CT molecular complexity index is 807. The first-order valence-electron chi connectivity index (χ1n) is 5.59. The van der Waals surface area contributed by atoms with Crippen molar-refractivity contribution in [1.82, 2.24) is 0 Å². The van der Waals surface area contributed by atoms with Crippen LogP contribution in [0.1, 0.15) is 16.3 Å². The van der Waals surface area contributed by atoms with Crippen LogP contribution in [-0.4, -0.2) is 24.4 Å². The van der Waals surface area contributed by atoms with Gasteiger partial charge in [0.25, 0.3) is 5.69 Å². The Morgan fingerprint density at radius 2 is 1.90 bits per heavy atom. The molecule has 0 aliphatic heterocycles. The van der Waals surface area contributed by atoms with Gasteiger partial charge in [-0.3, -0.25) is 10.1 Å². The molecule has 1 heterocycles. The summed E-state index contributed by atoms with van der Waals surface area (Å²) in [5.41, 5.74) is -0.539. The van der Waals surface area contributed by atoms with Crippen LogP contribution in [0.5, 0.6) is 0 Å². The molecule has 1 aromatic carbocycles. The van der Waals surface area contributed by atoms with E-state index in [4.69, 9.17) is 9.52 Å². The Balaban J connectivity index is 2.38. The minimum absolute atomic E-state index is 0.106. The average Bonchev–Trinajstić information content (AvgIpc) is 2.86. The van der Waals surface area contributed by atoms with Gasteiger partial charge in [-0.25, -0.2) is 13.2 Å². The predicted octanol–water partition coefficient (Wildman–Crippen LogP) is 1.86. The number of aromatic carboxylic acids is 1. The summed E-state index contributed by atoms with van der Waals surface area (Å²) < 4.78 is 29.2. The first-order chi connectivity index (χ1) is 9.81. The second kappa shape index (κ2) is 5.37. The van der Waals surface area contributed by atoms with Crippen molar-refractivity contribution in [3.05, 3.63) is 58.0 Å². The topological polar surface area (TPSA) is 128 Å². The van der Waals surface area contributed by atoms with Crippen molar-refractivity contribution in [2.75, 3.05) is 0 Å². The maximum Gasteiger partial charge on any atom is 0.371 e. The highest BCUT2D eigenvalue weighted by Crippen LogP contribution is 2.26. The summed E-state index contributed by atoms with van der Waals surface area (Å²) in [7, 11) is -4.03. The van der Waals surface area contributed by atoms with E-state index >= 15 is 0 Å². The number of carbonyl (C=O) groups is 1. The molecule has 0 amide bonds. The summed E-state index contributed by atoms with van der Waals surface area (Å²) in [6.45, 7) is 0. The van der Waals surface area contributed by atoms with E-state index in [1.165, 1.54) is 18.2 Å². The van der Waals surface area contributed by atoms with Gasteiger partial charge < -0.3 is 9.52 Å². The largest absolute Gasteiger partial charge is 0.475 e. The number of para-hydroxylation sites is 1. The third-order valence-corrected chi connectivity index (χ3v) is 4.28. The number of nitrogens with zero attached hydrogens (tertiary/aromatic N) is 1. The van der Waals surface area contributed by atoms with Crippen LogP contribution >= 0.6 is 0 Å². The fourth-order valence-electron chi connectivity index (χ4n) is 1.71. The van der Waals surface area contributed by atoms with E-state index in [1.54, 1.807) is 0 Å². The minimum atomic E-state index is -4.03. The third-order valence-electron chi connectivity index (χ3n) is 2.60. The molecular weight excluding hydrogens is 302 g/mol. The predicted molar refractivity (Wildman–Crippen MR) is 69.7 cm³/mol. The molecule has 0 spiro atoms. The molecule has 1 N–H and O–H groups in total. The normalized spacial score (nSPS) is 11.2. The van der Waals surface area contributed by atoms with Crippen molar-refractivity contribution < 1.29 is 27.7 Å². The Hall–Kier alpha value is -2.68. The highest BCUT2D eigenvalue weighted by Gasteiger charge is 2.26. The molecule has 110 valence electrons. The number of carboxylic acids is 1. The van der Waals surface area contributed by atoms with Crippen LogP contribution in [0.3, 0.4) is 0 Å². The van der Waals surface area contributed by atoms with Gasteiger partial charge in [-0.15, -0.1) is 0 Å². The zero-order valence-corrected chi connectivity index (χ0v) is 11.2. The zero-order chi connectivity index (χ0) is 15.6. The molecule has 0 aliphatic rings. The highest BCUT2D eigenvalue weighted by atomic mass is 32.2. The van der Waals surface area contributed by atoms with Gasteiger partial charge in [-0.2, -0.15) is 0 Å². The minimum Gasteiger partial charge on any atom is -0.475 e. The van der Waals surface area contributed by atoms with Gasteiger partial charge in [0.2, 0.25) is 5.76 Å². The van der Waals surface area contributed by atoms with Gasteiger partial charge in [0, 0.05) is 6.07 Å². The number of furan rings is 1. The number of hydrogen-bond acceptors (Lipinski definition) is 6. The third kappa shape index (κ3) is 3.08. The molecule has 0 unspecified atom stereocenters. The Labute approximate surface area is 118 Å². The lowest BCUT2D eigenvalue weighted by molar-refractivity contribution is -0.387. The molecular formula is C12H9NO7S. The zero-order valence-electron chi connectivity index (χ0n) is 10.4. The number of hydrogen-bond donors (Lipinski definition) is 1. The lowest BCUT2D eigenvalue weighted by Gasteiger charge is -2.03. The van der Waals surface area contributed by atoms with E-state index in [0.29, 0.717) is 0 Å². The Morgan fingerprint density at radius 3 is 2.48 bits per heavy atom. The smallest absolute Gasteiger partial charge is 0.371 e. The lowest BCUT2D eigenvalue weighted by atomic mass is 10.3. The van der Waals surface area contributed by atoms with Crippen LogP contribution in [0.15, 0.2) is 45.7 Å². The molecule has 2 rings (SSSR count). The number of nitro groups is 1. The van der Waals surface area contributed by atoms with E-state index in [-0.39, 0.29) is 5.76 Å². The number of rotatable bonds is 5. The van der Waals surface area contributed by atoms with Gasteiger partial charge >= 0.3 is 5.97 Å². The summed E-state index contributed by atoms with van der Waals surface area (Å²) in [6.07, 6.45) is 0. The summed E-state index contributed by atoms with van der Waals surface area (Å²) >= 11 is 0. The number of sulfone groups is 1. The first kappa shape index (κ1) is 14.7. The van der Waals surface area contributed by atoms with Crippen molar-refractivity contribution in [3.8, 4) is 0 Å². The van der Waals surface area contributed by atoms with E-state index in [2.05, 4.69) is 0 Å². The van der Waals surface area contributed by atoms with Gasteiger partial charge in [-0.05, 0) is 18.2 Å². The Morgan fingerprint density at radius 1 is 1.24 bits per heavy atom. The van der Waals surface area contributed by atoms with Crippen LogP contribution in [0.4, 0.5) is 5.69 Å². The molecule has 9 heteroatoms. The summed E-state index contributed by atoms with van der Waals surface area (Å²) in [5, 5.41) is 19.6. The molecule has 0 saturated heterocycles. The number of benzene rings is 1. The van der Waals surface area contributed by atoms with E-state index in [0.717, 1.165) is 18.2 Å². The SMILES string of the molecule is O=C(O)c1ccc(CS(=O)(=O)c2ccccc2[N+](=O)[O-])o1. The maximum atomic E-state index is 12.2. The second-order valence-corrected chi connectivity index (χ2v) is 6.01. The van der Waals surface area contributed by atoms with Gasteiger partial charge in [0.05, 0.1) is 4.92 Å².